The molecule has 104 valence electrons. The highest BCUT2D eigenvalue weighted by Crippen LogP contribution is 2.36. The van der Waals surface area contributed by atoms with E-state index in [9.17, 15) is 8.42 Å². The molecule has 0 saturated carbocycles. The first-order valence-corrected chi connectivity index (χ1v) is 8.19. The second-order valence-corrected chi connectivity index (χ2v) is 6.74. The summed E-state index contributed by atoms with van der Waals surface area (Å²) in [4.78, 5) is 0.344. The Morgan fingerprint density at radius 1 is 1.25 bits per heavy atom. The summed E-state index contributed by atoms with van der Waals surface area (Å²) in [5, 5.41) is 11.4. The van der Waals surface area contributed by atoms with Crippen molar-refractivity contribution >= 4 is 15.7 Å². The molecule has 1 aromatic heterocycles. The third-order valence-corrected chi connectivity index (χ3v) is 4.97. The van der Waals surface area contributed by atoms with Crippen LogP contribution in [0.25, 0.3) is 11.3 Å². The van der Waals surface area contributed by atoms with Gasteiger partial charge in [-0.05, 0) is 24.1 Å². The van der Waals surface area contributed by atoms with Gasteiger partial charge < -0.3 is 5.32 Å². The third kappa shape index (κ3) is 2.16. The van der Waals surface area contributed by atoms with Crippen molar-refractivity contribution in [2.75, 3.05) is 11.9 Å². The molecule has 0 unspecified atom stereocenters. The van der Waals surface area contributed by atoms with E-state index >= 15 is 0 Å². The normalized spacial score (nSPS) is 15.2. The van der Waals surface area contributed by atoms with Gasteiger partial charge in [0.15, 0.2) is 9.84 Å². The first kappa shape index (κ1) is 13.1. The topological polar surface area (TPSA) is 72.0 Å². The lowest BCUT2D eigenvalue weighted by atomic mass is 10.1. The third-order valence-electron chi connectivity index (χ3n) is 3.25. The number of hydrogen-bond donors (Lipinski definition) is 1. The maximum Gasteiger partial charge on any atom is 0.183 e. The zero-order valence-corrected chi connectivity index (χ0v) is 11.9. The summed E-state index contributed by atoms with van der Waals surface area (Å²) in [7, 11) is -3.29. The molecule has 5 nitrogen and oxygen atoms in total. The number of anilines is 1. The molecule has 6 heteroatoms. The predicted molar refractivity (Wildman–Crippen MR) is 77.1 cm³/mol. The molecular weight excluding hydrogens is 274 g/mol. The second-order valence-electron chi connectivity index (χ2n) is 4.79. The summed E-state index contributed by atoms with van der Waals surface area (Å²) < 4.78 is 24.6. The average Bonchev–Trinajstić information content (AvgIpc) is 2.44. The van der Waals surface area contributed by atoms with Crippen LogP contribution >= 0.6 is 0 Å². The minimum atomic E-state index is -3.29. The van der Waals surface area contributed by atoms with Crippen molar-refractivity contribution in [2.24, 2.45) is 0 Å². The minimum absolute atomic E-state index is 0.0182. The maximum atomic E-state index is 12.3. The molecule has 20 heavy (non-hydrogen) atoms. The molecule has 0 atom stereocenters. The first-order valence-electron chi connectivity index (χ1n) is 6.54. The van der Waals surface area contributed by atoms with Crippen LogP contribution < -0.4 is 5.32 Å². The molecule has 0 spiro atoms. The van der Waals surface area contributed by atoms with Gasteiger partial charge in [-0.3, -0.25) is 0 Å². The number of sulfone groups is 1. The van der Waals surface area contributed by atoms with Gasteiger partial charge in [0.2, 0.25) is 0 Å². The molecule has 2 heterocycles. The van der Waals surface area contributed by atoms with Crippen LogP contribution in [-0.2, 0) is 15.6 Å². The van der Waals surface area contributed by atoms with Gasteiger partial charge in [-0.2, -0.15) is 0 Å². The molecule has 0 fully saturated rings. The van der Waals surface area contributed by atoms with Crippen LogP contribution in [0.3, 0.4) is 0 Å². The fraction of sp³-hybridized carbons (Fsp3) is 0.286. The molecule has 2 aromatic rings. The van der Waals surface area contributed by atoms with Gasteiger partial charge in [0.05, 0.1) is 16.3 Å². The largest absolute Gasteiger partial charge is 0.369 e. The summed E-state index contributed by atoms with van der Waals surface area (Å²) in [6, 6.07) is 8.73. The van der Waals surface area contributed by atoms with E-state index in [1.54, 1.807) is 24.3 Å². The van der Waals surface area contributed by atoms with Crippen LogP contribution in [0, 0.1) is 0 Å². The van der Waals surface area contributed by atoms with Crippen molar-refractivity contribution in [3.05, 3.63) is 35.9 Å². The summed E-state index contributed by atoms with van der Waals surface area (Å²) >= 11 is 0. The Bertz CT molecular complexity index is 757. The van der Waals surface area contributed by atoms with Gasteiger partial charge in [-0.25, -0.2) is 8.42 Å². The van der Waals surface area contributed by atoms with Gasteiger partial charge in [0.1, 0.15) is 5.82 Å². The number of nitrogens with one attached hydrogen (secondary N) is 1. The molecule has 0 amide bonds. The fourth-order valence-corrected chi connectivity index (χ4v) is 3.89. The van der Waals surface area contributed by atoms with Crippen LogP contribution in [0.15, 0.2) is 35.2 Å². The molecule has 1 aliphatic heterocycles. The van der Waals surface area contributed by atoms with Gasteiger partial charge in [-0.1, -0.05) is 25.1 Å². The molecule has 1 aliphatic rings. The number of nitrogens with zero attached hydrogens (tertiary/aromatic N) is 2. The Morgan fingerprint density at radius 2 is 2.05 bits per heavy atom. The average molecular weight is 289 g/mol. The van der Waals surface area contributed by atoms with Crippen molar-refractivity contribution in [3.8, 4) is 11.3 Å². The van der Waals surface area contributed by atoms with Gasteiger partial charge in [0, 0.05) is 12.1 Å². The van der Waals surface area contributed by atoms with E-state index in [-0.39, 0.29) is 5.75 Å². The summed E-state index contributed by atoms with van der Waals surface area (Å²) in [5.74, 6) is 0.607. The molecule has 1 N–H and O–H groups in total. The molecule has 3 rings (SSSR count). The van der Waals surface area contributed by atoms with Crippen LogP contribution in [0.5, 0.6) is 0 Å². The van der Waals surface area contributed by atoms with E-state index in [1.165, 1.54) is 0 Å². The summed E-state index contributed by atoms with van der Waals surface area (Å²) in [5.41, 5.74) is 2.01. The lowest BCUT2D eigenvalue weighted by Crippen LogP contribution is -2.15. The Kier molecular flexibility index (Phi) is 3.17. The smallest absolute Gasteiger partial charge is 0.183 e. The van der Waals surface area contributed by atoms with E-state index in [2.05, 4.69) is 22.4 Å². The number of benzene rings is 1. The van der Waals surface area contributed by atoms with E-state index in [1.807, 2.05) is 6.07 Å². The number of hydrogen-bond acceptors (Lipinski definition) is 5. The van der Waals surface area contributed by atoms with E-state index < -0.39 is 9.84 Å². The van der Waals surface area contributed by atoms with Crippen molar-refractivity contribution in [1.29, 1.82) is 0 Å². The van der Waals surface area contributed by atoms with Crippen molar-refractivity contribution in [1.82, 2.24) is 10.2 Å². The highest BCUT2D eigenvalue weighted by atomic mass is 32.2. The molecule has 0 aliphatic carbocycles. The quantitative estimate of drug-likeness (QED) is 0.938. The molecular formula is C14H15N3O2S. The van der Waals surface area contributed by atoms with Crippen LogP contribution in [0.4, 0.5) is 5.82 Å². The number of fused-ring (bicyclic) bond motifs is 3. The van der Waals surface area contributed by atoms with Crippen molar-refractivity contribution in [2.45, 2.75) is 24.0 Å². The summed E-state index contributed by atoms with van der Waals surface area (Å²) in [6.07, 6.45) is 0.972. The van der Waals surface area contributed by atoms with Crippen LogP contribution in [-0.4, -0.2) is 25.2 Å². The molecule has 1 aromatic carbocycles. The van der Waals surface area contributed by atoms with E-state index in [0.717, 1.165) is 13.0 Å². The lowest BCUT2D eigenvalue weighted by molar-refractivity contribution is 0.594. The molecule has 0 bridgehead atoms. The molecule has 0 saturated heterocycles. The fourth-order valence-electron chi connectivity index (χ4n) is 2.32. The first-order chi connectivity index (χ1) is 9.62. The highest BCUT2D eigenvalue weighted by Gasteiger charge is 2.29. The van der Waals surface area contributed by atoms with E-state index in [4.69, 9.17) is 0 Å². The van der Waals surface area contributed by atoms with Gasteiger partial charge in [-0.15, -0.1) is 10.2 Å². The number of aromatic nitrogens is 2. The Hall–Kier alpha value is -1.95. The monoisotopic (exact) mass is 289 g/mol. The van der Waals surface area contributed by atoms with Crippen LogP contribution in [0.2, 0.25) is 0 Å². The number of rotatable bonds is 3. The van der Waals surface area contributed by atoms with Gasteiger partial charge in [0.25, 0.3) is 0 Å². The maximum absolute atomic E-state index is 12.3. The second kappa shape index (κ2) is 4.86. The molecule has 0 radical (unpaired) electrons. The Morgan fingerprint density at radius 3 is 2.85 bits per heavy atom. The zero-order chi connectivity index (χ0) is 14.2. The van der Waals surface area contributed by atoms with Crippen molar-refractivity contribution in [3.63, 3.8) is 0 Å². The predicted octanol–water partition coefficient (Wildman–Crippen LogP) is 2.25. The standard InChI is InChI=1S/C14H15N3O2S/c1-2-7-15-13-8-10-9-20(18,19)12-6-4-3-5-11(12)14(10)17-16-13/h3-6,8H,2,7,9H2,1H3,(H,15,16). The minimum Gasteiger partial charge on any atom is -0.369 e. The zero-order valence-electron chi connectivity index (χ0n) is 11.1. The van der Waals surface area contributed by atoms with Crippen LogP contribution in [0.1, 0.15) is 18.9 Å². The SMILES string of the molecule is CCCNc1cc2c(nn1)-c1ccccc1S(=O)(=O)C2. The van der Waals surface area contributed by atoms with Crippen molar-refractivity contribution < 1.29 is 8.42 Å². The highest BCUT2D eigenvalue weighted by molar-refractivity contribution is 7.90. The lowest BCUT2D eigenvalue weighted by Gasteiger charge is -2.19. The Labute approximate surface area is 118 Å². The van der Waals surface area contributed by atoms with Gasteiger partial charge >= 0.3 is 0 Å². The van der Waals surface area contributed by atoms with E-state index in [0.29, 0.717) is 27.5 Å². The Balaban J connectivity index is 2.12. The summed E-state index contributed by atoms with van der Waals surface area (Å²) in [6.45, 7) is 2.84.